The fraction of sp³-hybridized carbons (Fsp3) is 0.933. The first-order chi connectivity index (χ1) is 8.90. The third kappa shape index (κ3) is 9.00. The summed E-state index contributed by atoms with van der Waals surface area (Å²) in [4.78, 5) is 11.9. The Hall–Kier alpha value is -0.610. The first-order valence-corrected chi connectivity index (χ1v) is 7.50. The molecule has 114 valence electrons. The number of carbonyl (C=O) groups excluding carboxylic acids is 1. The van der Waals surface area contributed by atoms with Crippen molar-refractivity contribution in [3.05, 3.63) is 0 Å². The molecule has 4 N–H and O–H groups in total. The Kier molecular flexibility index (Phi) is 9.88. The lowest BCUT2D eigenvalue weighted by Crippen LogP contribution is -2.38. The van der Waals surface area contributed by atoms with Crippen LogP contribution in [0.5, 0.6) is 0 Å². The first kappa shape index (κ1) is 18.4. The van der Waals surface area contributed by atoms with Crippen LogP contribution in [-0.2, 0) is 4.79 Å². The summed E-state index contributed by atoms with van der Waals surface area (Å²) in [5.41, 5.74) is 5.60. The molecule has 0 saturated heterocycles. The Morgan fingerprint density at radius 1 is 1.21 bits per heavy atom. The standard InChI is InChI=1S/C15H32N2O2/c1-11(2)9-14(10-18)17-15(19)6-5-13(7-8-16)12(3)4/h11-14,18H,5-10,16H2,1-4H3,(H,17,19). The van der Waals surface area contributed by atoms with Gasteiger partial charge in [0.05, 0.1) is 12.6 Å². The number of nitrogens with two attached hydrogens (primary N) is 1. The summed E-state index contributed by atoms with van der Waals surface area (Å²) in [6.07, 6.45) is 3.19. The molecule has 0 aromatic heterocycles. The largest absolute Gasteiger partial charge is 0.394 e. The summed E-state index contributed by atoms with van der Waals surface area (Å²) >= 11 is 0. The predicted molar refractivity (Wildman–Crippen MR) is 79.7 cm³/mol. The Balaban J connectivity index is 4.07. The van der Waals surface area contributed by atoms with Crippen LogP contribution in [0.3, 0.4) is 0 Å². The van der Waals surface area contributed by atoms with Crippen molar-refractivity contribution < 1.29 is 9.90 Å². The molecule has 4 nitrogen and oxygen atoms in total. The van der Waals surface area contributed by atoms with Gasteiger partial charge < -0.3 is 16.2 Å². The van der Waals surface area contributed by atoms with Gasteiger partial charge in [-0.2, -0.15) is 0 Å². The van der Waals surface area contributed by atoms with E-state index in [-0.39, 0.29) is 18.6 Å². The molecule has 4 heteroatoms. The van der Waals surface area contributed by atoms with E-state index in [1.165, 1.54) is 0 Å². The number of rotatable bonds is 10. The second kappa shape index (κ2) is 10.2. The van der Waals surface area contributed by atoms with Crippen LogP contribution in [0, 0.1) is 17.8 Å². The molecule has 0 aromatic rings. The number of hydrogen-bond donors (Lipinski definition) is 3. The minimum absolute atomic E-state index is 0.0142. The van der Waals surface area contributed by atoms with E-state index >= 15 is 0 Å². The molecule has 0 aliphatic rings. The maximum atomic E-state index is 11.9. The number of amides is 1. The summed E-state index contributed by atoms with van der Waals surface area (Å²) in [5, 5.41) is 12.2. The molecule has 0 aliphatic carbocycles. The van der Waals surface area contributed by atoms with Crippen molar-refractivity contribution >= 4 is 5.91 Å². The number of aliphatic hydroxyl groups excluding tert-OH is 1. The van der Waals surface area contributed by atoms with Crippen LogP contribution in [0.1, 0.15) is 53.4 Å². The van der Waals surface area contributed by atoms with Gasteiger partial charge in [0.25, 0.3) is 0 Å². The fourth-order valence-corrected chi connectivity index (χ4v) is 2.39. The van der Waals surface area contributed by atoms with Crippen molar-refractivity contribution in [2.45, 2.75) is 59.4 Å². The van der Waals surface area contributed by atoms with Crippen molar-refractivity contribution in [3.63, 3.8) is 0 Å². The van der Waals surface area contributed by atoms with Gasteiger partial charge in [-0.05, 0) is 43.6 Å². The van der Waals surface area contributed by atoms with E-state index in [0.717, 1.165) is 19.3 Å². The van der Waals surface area contributed by atoms with E-state index < -0.39 is 0 Å². The maximum absolute atomic E-state index is 11.9. The Morgan fingerprint density at radius 3 is 2.26 bits per heavy atom. The highest BCUT2D eigenvalue weighted by atomic mass is 16.3. The monoisotopic (exact) mass is 272 g/mol. The second-order valence-electron chi connectivity index (χ2n) is 6.20. The molecular weight excluding hydrogens is 240 g/mol. The van der Waals surface area contributed by atoms with Gasteiger partial charge in [-0.15, -0.1) is 0 Å². The van der Waals surface area contributed by atoms with E-state index in [4.69, 9.17) is 5.73 Å². The zero-order chi connectivity index (χ0) is 14.8. The van der Waals surface area contributed by atoms with Crippen LogP contribution in [0.15, 0.2) is 0 Å². The van der Waals surface area contributed by atoms with E-state index in [1.54, 1.807) is 0 Å². The Morgan fingerprint density at radius 2 is 1.84 bits per heavy atom. The van der Waals surface area contributed by atoms with Crippen LogP contribution in [-0.4, -0.2) is 30.2 Å². The molecule has 0 saturated carbocycles. The number of carbonyl (C=O) groups is 1. The Labute approximate surface area is 118 Å². The summed E-state index contributed by atoms with van der Waals surface area (Å²) in [6, 6.07) is -0.112. The van der Waals surface area contributed by atoms with Crippen LogP contribution in [0.2, 0.25) is 0 Å². The quantitative estimate of drug-likeness (QED) is 0.568. The second-order valence-corrected chi connectivity index (χ2v) is 6.20. The highest BCUT2D eigenvalue weighted by Crippen LogP contribution is 2.20. The van der Waals surface area contributed by atoms with Crippen LogP contribution < -0.4 is 11.1 Å². The minimum Gasteiger partial charge on any atom is -0.394 e. The molecule has 19 heavy (non-hydrogen) atoms. The number of hydrogen-bond acceptors (Lipinski definition) is 3. The molecular formula is C15H32N2O2. The molecule has 2 atom stereocenters. The van der Waals surface area contributed by atoms with E-state index in [0.29, 0.717) is 30.7 Å². The zero-order valence-corrected chi connectivity index (χ0v) is 13.0. The lowest BCUT2D eigenvalue weighted by atomic mass is 9.88. The van der Waals surface area contributed by atoms with Crippen LogP contribution >= 0.6 is 0 Å². The van der Waals surface area contributed by atoms with E-state index in [9.17, 15) is 9.90 Å². The molecule has 0 aliphatic heterocycles. The first-order valence-electron chi connectivity index (χ1n) is 7.50. The minimum atomic E-state index is -0.112. The lowest BCUT2D eigenvalue weighted by Gasteiger charge is -2.21. The summed E-state index contributed by atoms with van der Waals surface area (Å²) in [7, 11) is 0. The third-order valence-corrected chi connectivity index (χ3v) is 3.56. The maximum Gasteiger partial charge on any atom is 0.220 e. The van der Waals surface area contributed by atoms with Gasteiger partial charge in [-0.3, -0.25) is 4.79 Å². The predicted octanol–water partition coefficient (Wildman–Crippen LogP) is 1.91. The lowest BCUT2D eigenvalue weighted by molar-refractivity contribution is -0.122. The van der Waals surface area contributed by atoms with Gasteiger partial charge in [0.15, 0.2) is 0 Å². The van der Waals surface area contributed by atoms with Crippen molar-refractivity contribution in [1.82, 2.24) is 5.32 Å². The van der Waals surface area contributed by atoms with Gasteiger partial charge in [0, 0.05) is 6.42 Å². The topological polar surface area (TPSA) is 75.3 Å². The zero-order valence-electron chi connectivity index (χ0n) is 13.0. The molecule has 2 unspecified atom stereocenters. The molecule has 0 bridgehead atoms. The molecule has 0 rings (SSSR count). The third-order valence-electron chi connectivity index (χ3n) is 3.56. The molecule has 0 heterocycles. The average molecular weight is 272 g/mol. The Bertz CT molecular complexity index is 242. The van der Waals surface area contributed by atoms with Gasteiger partial charge >= 0.3 is 0 Å². The summed E-state index contributed by atoms with van der Waals surface area (Å²) in [5.74, 6) is 1.58. The molecule has 0 fully saturated rings. The van der Waals surface area contributed by atoms with Crippen LogP contribution in [0.25, 0.3) is 0 Å². The van der Waals surface area contributed by atoms with Crippen molar-refractivity contribution in [2.75, 3.05) is 13.2 Å². The van der Waals surface area contributed by atoms with Gasteiger partial charge in [0.2, 0.25) is 5.91 Å². The average Bonchev–Trinajstić information content (AvgIpc) is 2.32. The molecule has 0 aromatic carbocycles. The smallest absolute Gasteiger partial charge is 0.220 e. The fourth-order valence-electron chi connectivity index (χ4n) is 2.39. The van der Waals surface area contributed by atoms with Gasteiger partial charge in [0.1, 0.15) is 0 Å². The highest BCUT2D eigenvalue weighted by Gasteiger charge is 2.17. The van der Waals surface area contributed by atoms with E-state index in [1.807, 2.05) is 0 Å². The van der Waals surface area contributed by atoms with Gasteiger partial charge in [-0.25, -0.2) is 0 Å². The molecule has 0 radical (unpaired) electrons. The normalized spacial score (nSPS) is 14.7. The SMILES string of the molecule is CC(C)CC(CO)NC(=O)CCC(CCN)C(C)C. The van der Waals surface area contributed by atoms with Gasteiger partial charge in [-0.1, -0.05) is 27.7 Å². The summed E-state index contributed by atoms with van der Waals surface area (Å²) < 4.78 is 0. The van der Waals surface area contributed by atoms with Crippen molar-refractivity contribution in [1.29, 1.82) is 0 Å². The van der Waals surface area contributed by atoms with Crippen LogP contribution in [0.4, 0.5) is 0 Å². The van der Waals surface area contributed by atoms with Crippen molar-refractivity contribution in [2.24, 2.45) is 23.5 Å². The molecule has 0 spiro atoms. The summed E-state index contributed by atoms with van der Waals surface area (Å²) in [6.45, 7) is 9.22. The highest BCUT2D eigenvalue weighted by molar-refractivity contribution is 5.76. The number of nitrogens with one attached hydrogen (secondary N) is 1. The number of aliphatic hydroxyl groups is 1. The van der Waals surface area contributed by atoms with E-state index in [2.05, 4.69) is 33.0 Å². The molecule has 1 amide bonds. The van der Waals surface area contributed by atoms with Crippen molar-refractivity contribution in [3.8, 4) is 0 Å².